The van der Waals surface area contributed by atoms with Crippen molar-refractivity contribution in [3.63, 3.8) is 0 Å². The van der Waals surface area contributed by atoms with Gasteiger partial charge in [-0.3, -0.25) is 0 Å². The number of benzene rings is 1. The Morgan fingerprint density at radius 2 is 1.00 bits per heavy atom. The van der Waals surface area contributed by atoms with E-state index in [-0.39, 0.29) is 24.1 Å². The molecule has 17 heteroatoms. The topological polar surface area (TPSA) is 20.2 Å². The Morgan fingerprint density at radius 1 is 0.583 bits per heavy atom. The molecule has 1 aromatic carbocycles. The quantitative estimate of drug-likeness (QED) is 0.287. The highest BCUT2D eigenvalue weighted by Crippen LogP contribution is 2.62. The number of hydrogen-bond donors (Lipinski definition) is 1. The number of halogens is 16. The van der Waals surface area contributed by atoms with Gasteiger partial charge in [0.15, 0.2) is 5.60 Å². The monoisotopic (exact) mass is 564 g/mol. The van der Waals surface area contributed by atoms with Gasteiger partial charge in [-0.25, -0.2) is 0 Å². The van der Waals surface area contributed by atoms with Crippen LogP contribution in [0.15, 0.2) is 24.3 Å². The third-order valence-corrected chi connectivity index (χ3v) is 5.20. The van der Waals surface area contributed by atoms with E-state index in [1.165, 1.54) is 0 Å². The third-order valence-electron chi connectivity index (χ3n) is 5.20. The summed E-state index contributed by atoms with van der Waals surface area (Å²) in [5, 5.41) is 9.84. The molecule has 1 unspecified atom stereocenters. The van der Waals surface area contributed by atoms with E-state index in [4.69, 9.17) is 0 Å². The first-order valence-corrected chi connectivity index (χ1v) is 9.59. The molecule has 210 valence electrons. The fraction of sp³-hybridized carbons (Fsp3) is 0.684. The van der Waals surface area contributed by atoms with E-state index in [9.17, 15) is 75.4 Å². The van der Waals surface area contributed by atoms with E-state index in [1.54, 1.807) is 6.92 Å². The molecule has 1 nitrogen and oxygen atoms in total. The van der Waals surface area contributed by atoms with Gasteiger partial charge in [0.2, 0.25) is 0 Å². The van der Waals surface area contributed by atoms with Gasteiger partial charge >= 0.3 is 42.0 Å². The maximum Gasteiger partial charge on any atom is 0.460 e. The molecule has 0 spiro atoms. The lowest BCUT2D eigenvalue weighted by Gasteiger charge is -2.42. The number of unbranched alkanes of at least 4 members (excludes halogenated alkanes) is 1. The first-order valence-electron chi connectivity index (χ1n) is 9.59. The Hall–Kier alpha value is -1.94. The van der Waals surface area contributed by atoms with Crippen LogP contribution in [0.25, 0.3) is 0 Å². The molecule has 1 atom stereocenters. The Balaban J connectivity index is 3.59. The smallest absolute Gasteiger partial charge is 0.376 e. The Labute approximate surface area is 192 Å². The fourth-order valence-electron chi connectivity index (χ4n) is 2.93. The van der Waals surface area contributed by atoms with E-state index in [0.29, 0.717) is 12.8 Å². The highest BCUT2D eigenvalue weighted by atomic mass is 19.4. The van der Waals surface area contributed by atoms with Gasteiger partial charge in [-0.05, 0) is 24.0 Å². The highest BCUT2D eigenvalue weighted by molar-refractivity contribution is 5.30. The molecule has 0 aliphatic carbocycles. The predicted molar refractivity (Wildman–Crippen MR) is 90.4 cm³/mol. The summed E-state index contributed by atoms with van der Waals surface area (Å²) in [6, 6.07) is 2.20. The maximum absolute atomic E-state index is 14.1. The second-order valence-corrected chi connectivity index (χ2v) is 7.84. The van der Waals surface area contributed by atoms with Gasteiger partial charge in [0.05, 0.1) is 6.42 Å². The van der Waals surface area contributed by atoms with Crippen LogP contribution in [-0.2, 0) is 12.0 Å². The molecule has 0 heterocycles. The molecule has 1 rings (SSSR count). The van der Waals surface area contributed by atoms with Gasteiger partial charge in [-0.15, -0.1) is 0 Å². The van der Waals surface area contributed by atoms with E-state index in [2.05, 4.69) is 0 Å². The number of rotatable bonds is 10. The van der Waals surface area contributed by atoms with Gasteiger partial charge in [0, 0.05) is 0 Å². The number of alkyl halides is 16. The molecule has 1 N–H and O–H groups in total. The number of aliphatic hydroxyl groups is 1. The van der Waals surface area contributed by atoms with Gasteiger partial charge in [-0.2, -0.15) is 70.2 Å². The second kappa shape index (κ2) is 9.42. The molecular weight excluding hydrogens is 548 g/mol. The van der Waals surface area contributed by atoms with Crippen LogP contribution in [0.2, 0.25) is 0 Å². The number of hydrogen-bond acceptors (Lipinski definition) is 1. The number of aryl methyl sites for hydroxylation is 1. The van der Waals surface area contributed by atoms with Crippen LogP contribution in [0.5, 0.6) is 0 Å². The minimum Gasteiger partial charge on any atom is -0.376 e. The highest BCUT2D eigenvalue weighted by Gasteiger charge is 2.91. The normalized spacial score (nSPS) is 16.7. The van der Waals surface area contributed by atoms with Crippen LogP contribution in [0.3, 0.4) is 0 Å². The molecule has 1 aromatic rings. The van der Waals surface area contributed by atoms with Gasteiger partial charge < -0.3 is 5.11 Å². The largest absolute Gasteiger partial charge is 0.460 e. The van der Waals surface area contributed by atoms with Crippen molar-refractivity contribution in [2.75, 3.05) is 0 Å². The van der Waals surface area contributed by atoms with Gasteiger partial charge in [-0.1, -0.05) is 37.6 Å². The third kappa shape index (κ3) is 5.08. The summed E-state index contributed by atoms with van der Waals surface area (Å²) in [5.41, 5.74) is -6.55. The van der Waals surface area contributed by atoms with Crippen molar-refractivity contribution in [3.8, 4) is 0 Å². The summed E-state index contributed by atoms with van der Waals surface area (Å²) in [7, 11) is 0. The van der Waals surface area contributed by atoms with Crippen molar-refractivity contribution >= 4 is 0 Å². The van der Waals surface area contributed by atoms with Crippen LogP contribution >= 0.6 is 0 Å². The molecular formula is C19H16F16O. The zero-order valence-electron chi connectivity index (χ0n) is 17.6. The Bertz CT molecular complexity index is 884. The predicted octanol–water partition coefficient (Wildman–Crippen LogP) is 7.91. The SMILES string of the molecule is CCCCc1ccc(C(O)(CC(F)(F)C(F)(F)C(F)(F)C(F)(F)C(F)(F)C(F)(F)F)C(F)(F)F)cc1. The molecule has 0 aliphatic heterocycles. The molecule has 0 radical (unpaired) electrons. The molecule has 0 aliphatic rings. The van der Waals surface area contributed by atoms with Crippen molar-refractivity contribution in [2.45, 2.75) is 80.2 Å². The lowest BCUT2D eigenvalue weighted by atomic mass is 9.82. The zero-order chi connectivity index (χ0) is 28.8. The summed E-state index contributed by atoms with van der Waals surface area (Å²) in [6.45, 7) is 1.71. The summed E-state index contributed by atoms with van der Waals surface area (Å²) in [4.78, 5) is 0. The van der Waals surface area contributed by atoms with Gasteiger partial charge in [0.25, 0.3) is 0 Å². The summed E-state index contributed by atoms with van der Waals surface area (Å²) < 4.78 is 212. The molecule has 0 aromatic heterocycles. The van der Waals surface area contributed by atoms with E-state index in [0.717, 1.165) is 12.1 Å². The van der Waals surface area contributed by atoms with Crippen LogP contribution in [0.1, 0.15) is 37.3 Å². The van der Waals surface area contributed by atoms with Crippen molar-refractivity contribution in [1.82, 2.24) is 0 Å². The first-order chi connectivity index (χ1) is 15.7. The van der Waals surface area contributed by atoms with E-state index < -0.39 is 59.6 Å². The minimum absolute atomic E-state index is 0.212. The van der Waals surface area contributed by atoms with Crippen LogP contribution in [0, 0.1) is 0 Å². The summed E-state index contributed by atoms with van der Waals surface area (Å²) >= 11 is 0. The lowest BCUT2D eigenvalue weighted by Crippen LogP contribution is -2.70. The minimum atomic E-state index is -8.26. The van der Waals surface area contributed by atoms with E-state index >= 15 is 0 Å². The molecule has 0 bridgehead atoms. The van der Waals surface area contributed by atoms with Crippen molar-refractivity contribution in [3.05, 3.63) is 35.4 Å². The standard InChI is InChI=1S/C19H16F16O/c1-2-3-4-10-5-7-11(8-6-10)12(36,18(30,31)32)9-13(20,21)14(22,23)15(24,25)16(26,27)17(28,29)19(33,34)35/h5-8,36H,2-4,9H2,1H3. The Kier molecular flexibility index (Phi) is 8.40. The average molecular weight is 564 g/mol. The first kappa shape index (κ1) is 32.1. The molecule has 36 heavy (non-hydrogen) atoms. The molecule has 0 amide bonds. The average Bonchev–Trinajstić information content (AvgIpc) is 2.69. The van der Waals surface area contributed by atoms with Crippen molar-refractivity contribution in [1.29, 1.82) is 0 Å². The summed E-state index contributed by atoms with van der Waals surface area (Å²) in [6.07, 6.45) is -16.6. The summed E-state index contributed by atoms with van der Waals surface area (Å²) in [5.74, 6) is -39.6. The van der Waals surface area contributed by atoms with E-state index in [1.807, 2.05) is 0 Å². The van der Waals surface area contributed by atoms with Crippen LogP contribution in [0.4, 0.5) is 70.2 Å². The molecule has 0 saturated carbocycles. The molecule has 0 saturated heterocycles. The van der Waals surface area contributed by atoms with Gasteiger partial charge in [0.1, 0.15) is 0 Å². The fourth-order valence-corrected chi connectivity index (χ4v) is 2.93. The molecule has 0 fully saturated rings. The van der Waals surface area contributed by atoms with Crippen LogP contribution in [-0.4, -0.2) is 47.1 Å². The second-order valence-electron chi connectivity index (χ2n) is 7.84. The van der Waals surface area contributed by atoms with Crippen molar-refractivity contribution in [2.24, 2.45) is 0 Å². The maximum atomic E-state index is 14.1. The van der Waals surface area contributed by atoms with Crippen LogP contribution < -0.4 is 0 Å². The zero-order valence-corrected chi connectivity index (χ0v) is 17.6. The van der Waals surface area contributed by atoms with Crippen molar-refractivity contribution < 1.29 is 75.4 Å². The Morgan fingerprint density at radius 3 is 1.36 bits per heavy atom. The lowest BCUT2D eigenvalue weighted by molar-refractivity contribution is -0.443.